The third-order valence-electron chi connectivity index (χ3n) is 13.8. The predicted octanol–water partition coefficient (Wildman–Crippen LogP) is 17.1. The molecule has 1 nitrogen and oxygen atoms in total. The minimum absolute atomic E-state index is 0.00879. The van der Waals surface area contributed by atoms with E-state index in [0.717, 1.165) is 17.1 Å². The first-order chi connectivity index (χ1) is 31.0. The fourth-order valence-electron chi connectivity index (χ4n) is 10.5. The van der Waals surface area contributed by atoms with E-state index < -0.39 is 5.41 Å². The molecule has 1 spiro atoms. The minimum Gasteiger partial charge on any atom is -0.310 e. The van der Waals surface area contributed by atoms with E-state index in [9.17, 15) is 0 Å². The van der Waals surface area contributed by atoms with Crippen LogP contribution in [0.15, 0.2) is 212 Å². The first kappa shape index (κ1) is 39.6. The van der Waals surface area contributed by atoms with Gasteiger partial charge >= 0.3 is 0 Å². The van der Waals surface area contributed by atoms with Gasteiger partial charge in [0.15, 0.2) is 0 Å². The molecule has 0 atom stereocenters. The van der Waals surface area contributed by atoms with Gasteiger partial charge < -0.3 is 4.90 Å². The maximum absolute atomic E-state index is 2.54. The zero-order valence-corrected chi connectivity index (χ0v) is 37.7. The second kappa shape index (κ2) is 15.0. The minimum atomic E-state index is -0.481. The second-order valence-corrected chi connectivity index (χ2v) is 19.8. The fourth-order valence-corrected chi connectivity index (χ4v) is 10.5. The van der Waals surface area contributed by atoms with Crippen molar-refractivity contribution in [3.05, 3.63) is 246 Å². The zero-order chi connectivity index (χ0) is 43.8. The van der Waals surface area contributed by atoms with Gasteiger partial charge in [-0.1, -0.05) is 205 Å². The predicted molar refractivity (Wildman–Crippen MR) is 271 cm³/mol. The van der Waals surface area contributed by atoms with Crippen LogP contribution in [0, 0.1) is 0 Å². The third kappa shape index (κ3) is 6.45. The summed E-state index contributed by atoms with van der Waals surface area (Å²) >= 11 is 0. The largest absolute Gasteiger partial charge is 0.310 e. The maximum atomic E-state index is 2.54. The molecular weight excluding hydrogens is 771 g/mol. The van der Waals surface area contributed by atoms with E-state index in [1.165, 1.54) is 89.0 Å². The summed E-state index contributed by atoms with van der Waals surface area (Å²) in [7, 11) is 0. The SMILES string of the molecule is CC(C)(C)c1ccc2c(c1)C1(c3ccccc3-c3ccc(-c4cc(-c5ccccc5)cc(N(c5ccccc5)c5ccc(-c6ccccc6)cc5)c4)cc31)c1cc(C(C)(C)C)ccc1-2. The number of fused-ring (bicyclic) bond motifs is 10. The van der Waals surface area contributed by atoms with E-state index in [1.54, 1.807) is 0 Å². The number of nitrogens with zero attached hydrogens (tertiary/aromatic N) is 1. The van der Waals surface area contributed by atoms with Crippen molar-refractivity contribution in [3.63, 3.8) is 0 Å². The quantitative estimate of drug-likeness (QED) is 0.161. The average molecular weight is 824 g/mol. The number of para-hydroxylation sites is 1. The smallest absolute Gasteiger partial charge is 0.0725 e. The number of hydrogen-bond acceptors (Lipinski definition) is 1. The standard InChI is InChI=1S/C63H53N/c1-61(2,3)48-29-34-55-56-35-30-49(62(4,5)6)41-60(56)63(59(55)40-48)57-25-17-16-24-53(57)54-33-28-45(39-58(54)63)47-36-46(43-20-12-8-13-21-43)37-52(38-47)64(50-22-14-9-15-23-50)51-31-26-44(27-32-51)42-18-10-7-11-19-42/h7-41H,1-6H3. The van der Waals surface area contributed by atoms with Gasteiger partial charge in [0.1, 0.15) is 0 Å². The highest BCUT2D eigenvalue weighted by Crippen LogP contribution is 2.64. The lowest BCUT2D eigenvalue weighted by Gasteiger charge is -2.33. The number of rotatable bonds is 6. The van der Waals surface area contributed by atoms with Gasteiger partial charge in [0.25, 0.3) is 0 Å². The Hall–Kier alpha value is -7.22. The molecule has 0 heterocycles. The van der Waals surface area contributed by atoms with Crippen LogP contribution in [0.3, 0.4) is 0 Å². The summed E-state index contributed by atoms with van der Waals surface area (Å²) in [6.45, 7) is 14.0. The summed E-state index contributed by atoms with van der Waals surface area (Å²) in [5.74, 6) is 0. The number of anilines is 3. The Morgan fingerprint density at radius 2 is 0.688 bits per heavy atom. The number of hydrogen-bond donors (Lipinski definition) is 0. The van der Waals surface area contributed by atoms with Crippen molar-refractivity contribution in [3.8, 4) is 55.6 Å². The Kier molecular flexibility index (Phi) is 9.26. The van der Waals surface area contributed by atoms with Crippen molar-refractivity contribution in [1.82, 2.24) is 0 Å². The highest BCUT2D eigenvalue weighted by molar-refractivity contribution is 5.97. The van der Waals surface area contributed by atoms with Gasteiger partial charge in [0, 0.05) is 17.1 Å². The number of benzene rings is 9. The van der Waals surface area contributed by atoms with E-state index in [2.05, 4.69) is 259 Å². The summed E-state index contributed by atoms with van der Waals surface area (Å²) in [6.07, 6.45) is 0. The fraction of sp³-hybridized carbons (Fsp3) is 0.143. The first-order valence-electron chi connectivity index (χ1n) is 22.7. The summed E-state index contributed by atoms with van der Waals surface area (Å²) < 4.78 is 0. The van der Waals surface area contributed by atoms with Crippen LogP contribution in [-0.2, 0) is 16.2 Å². The Bertz CT molecular complexity index is 3140. The summed E-state index contributed by atoms with van der Waals surface area (Å²) in [5, 5.41) is 0. The van der Waals surface area contributed by atoms with Gasteiger partial charge in [-0.25, -0.2) is 0 Å². The molecule has 9 aromatic carbocycles. The Labute approximate surface area is 379 Å². The molecule has 9 aromatic rings. The van der Waals surface area contributed by atoms with Crippen LogP contribution in [0.5, 0.6) is 0 Å². The monoisotopic (exact) mass is 823 g/mol. The summed E-state index contributed by atoms with van der Waals surface area (Å²) in [5.41, 5.74) is 23.5. The lowest BCUT2D eigenvalue weighted by Crippen LogP contribution is -2.27. The molecule has 0 radical (unpaired) electrons. The second-order valence-electron chi connectivity index (χ2n) is 19.8. The van der Waals surface area contributed by atoms with E-state index >= 15 is 0 Å². The molecule has 0 amide bonds. The first-order valence-corrected chi connectivity index (χ1v) is 22.7. The molecule has 0 saturated heterocycles. The van der Waals surface area contributed by atoms with E-state index in [1.807, 2.05) is 0 Å². The van der Waals surface area contributed by atoms with E-state index in [-0.39, 0.29) is 10.8 Å². The highest BCUT2D eigenvalue weighted by Gasteiger charge is 2.52. The van der Waals surface area contributed by atoms with Crippen LogP contribution in [-0.4, -0.2) is 0 Å². The molecule has 2 aliphatic rings. The van der Waals surface area contributed by atoms with Gasteiger partial charge in [0.2, 0.25) is 0 Å². The summed E-state index contributed by atoms with van der Waals surface area (Å²) in [6, 6.07) is 79.5. The molecule has 0 fully saturated rings. The third-order valence-corrected chi connectivity index (χ3v) is 13.8. The molecule has 0 unspecified atom stereocenters. The van der Waals surface area contributed by atoms with Crippen molar-refractivity contribution >= 4 is 17.1 Å². The molecule has 0 bridgehead atoms. The molecule has 0 aliphatic heterocycles. The van der Waals surface area contributed by atoms with Crippen LogP contribution in [0.2, 0.25) is 0 Å². The molecule has 64 heavy (non-hydrogen) atoms. The van der Waals surface area contributed by atoms with Crippen LogP contribution in [0.4, 0.5) is 17.1 Å². The van der Waals surface area contributed by atoms with Crippen LogP contribution in [0.1, 0.15) is 74.9 Å². The molecular formula is C63H53N. The van der Waals surface area contributed by atoms with Gasteiger partial charge in [-0.05, 0) is 148 Å². The van der Waals surface area contributed by atoms with Crippen LogP contribution < -0.4 is 4.90 Å². The van der Waals surface area contributed by atoms with Gasteiger partial charge in [-0.2, -0.15) is 0 Å². The molecule has 1 heteroatoms. The van der Waals surface area contributed by atoms with Crippen molar-refractivity contribution in [2.75, 3.05) is 4.90 Å². The van der Waals surface area contributed by atoms with E-state index in [4.69, 9.17) is 0 Å². The summed E-state index contributed by atoms with van der Waals surface area (Å²) in [4.78, 5) is 2.40. The van der Waals surface area contributed by atoms with Crippen molar-refractivity contribution in [2.45, 2.75) is 57.8 Å². The highest BCUT2D eigenvalue weighted by atomic mass is 15.1. The molecule has 310 valence electrons. The normalized spacial score (nSPS) is 13.3. The maximum Gasteiger partial charge on any atom is 0.0725 e. The average Bonchev–Trinajstić information content (AvgIpc) is 3.78. The van der Waals surface area contributed by atoms with Crippen molar-refractivity contribution in [1.29, 1.82) is 0 Å². The molecule has 0 saturated carbocycles. The molecule has 0 aromatic heterocycles. The molecule has 2 aliphatic carbocycles. The van der Waals surface area contributed by atoms with Crippen molar-refractivity contribution < 1.29 is 0 Å². The lowest BCUT2D eigenvalue weighted by atomic mass is 9.68. The van der Waals surface area contributed by atoms with Gasteiger partial charge in [-0.15, -0.1) is 0 Å². The lowest BCUT2D eigenvalue weighted by molar-refractivity contribution is 0.586. The molecule has 0 N–H and O–H groups in total. The Morgan fingerprint density at radius 3 is 1.25 bits per heavy atom. The Balaban J connectivity index is 1.16. The topological polar surface area (TPSA) is 3.24 Å². The van der Waals surface area contributed by atoms with Crippen LogP contribution in [0.25, 0.3) is 55.6 Å². The molecule has 11 rings (SSSR count). The van der Waals surface area contributed by atoms with Crippen LogP contribution >= 0.6 is 0 Å². The van der Waals surface area contributed by atoms with Crippen molar-refractivity contribution in [2.24, 2.45) is 0 Å². The van der Waals surface area contributed by atoms with Gasteiger partial charge in [-0.3, -0.25) is 0 Å². The van der Waals surface area contributed by atoms with Gasteiger partial charge in [0.05, 0.1) is 5.41 Å². The zero-order valence-electron chi connectivity index (χ0n) is 37.7. The Morgan fingerprint density at radius 1 is 0.281 bits per heavy atom. The van der Waals surface area contributed by atoms with E-state index in [0.29, 0.717) is 0 Å².